The summed E-state index contributed by atoms with van der Waals surface area (Å²) in [5.41, 5.74) is 10.3. The van der Waals surface area contributed by atoms with E-state index in [1.54, 1.807) is 0 Å². The molecular formula is C51H29N5O2. The lowest BCUT2D eigenvalue weighted by Crippen LogP contribution is -2.06. The molecule has 13 rings (SSSR count). The zero-order valence-electron chi connectivity index (χ0n) is 30.8. The van der Waals surface area contributed by atoms with Crippen molar-refractivity contribution in [3.63, 3.8) is 0 Å². The van der Waals surface area contributed by atoms with Gasteiger partial charge in [-0.1, -0.05) is 103 Å². The summed E-state index contributed by atoms with van der Waals surface area (Å²) in [4.78, 5) is 15.6. The van der Waals surface area contributed by atoms with E-state index in [0.717, 1.165) is 93.5 Å². The van der Waals surface area contributed by atoms with Gasteiger partial charge in [-0.05, 0) is 72.8 Å². The van der Waals surface area contributed by atoms with Gasteiger partial charge in [0.25, 0.3) is 0 Å². The molecule has 0 fully saturated rings. The topological polar surface area (TPSA) is 74.8 Å². The molecule has 0 amide bonds. The molecule has 270 valence electrons. The van der Waals surface area contributed by atoms with Gasteiger partial charge in [0, 0.05) is 48.8 Å². The average Bonchev–Trinajstić information content (AvgIpc) is 4.03. The van der Waals surface area contributed by atoms with Gasteiger partial charge in [-0.3, -0.25) is 4.57 Å². The van der Waals surface area contributed by atoms with Gasteiger partial charge in [0.2, 0.25) is 5.95 Å². The minimum absolute atomic E-state index is 0.535. The van der Waals surface area contributed by atoms with Crippen molar-refractivity contribution in [2.24, 2.45) is 0 Å². The molecule has 0 N–H and O–H groups in total. The van der Waals surface area contributed by atoms with Crippen molar-refractivity contribution >= 4 is 87.5 Å². The number of rotatable bonds is 4. The highest BCUT2D eigenvalue weighted by atomic mass is 16.3. The van der Waals surface area contributed by atoms with Crippen LogP contribution in [-0.2, 0) is 0 Å². The second kappa shape index (κ2) is 11.7. The summed E-state index contributed by atoms with van der Waals surface area (Å²) in [6.45, 7) is 0. The number of nitrogens with zero attached hydrogens (tertiary/aromatic N) is 5. The van der Waals surface area contributed by atoms with E-state index < -0.39 is 0 Å². The van der Waals surface area contributed by atoms with E-state index in [-0.39, 0.29) is 0 Å². The van der Waals surface area contributed by atoms with E-state index in [0.29, 0.717) is 17.6 Å². The van der Waals surface area contributed by atoms with E-state index >= 15 is 0 Å². The largest absolute Gasteiger partial charge is 0.456 e. The number of benzene rings is 8. The molecule has 5 aromatic heterocycles. The first kappa shape index (κ1) is 31.2. The molecule has 0 saturated heterocycles. The van der Waals surface area contributed by atoms with Gasteiger partial charge in [0.05, 0.1) is 33.1 Å². The molecule has 7 nitrogen and oxygen atoms in total. The second-order valence-electron chi connectivity index (χ2n) is 14.8. The van der Waals surface area contributed by atoms with Crippen molar-refractivity contribution in [3.8, 4) is 34.4 Å². The fraction of sp³-hybridized carbons (Fsp3) is 0. The van der Waals surface area contributed by atoms with Gasteiger partial charge in [0.15, 0.2) is 11.6 Å². The molecule has 0 radical (unpaired) electrons. The van der Waals surface area contributed by atoms with Gasteiger partial charge in [-0.15, -0.1) is 0 Å². The van der Waals surface area contributed by atoms with Crippen LogP contribution in [0.5, 0.6) is 0 Å². The minimum Gasteiger partial charge on any atom is -0.456 e. The van der Waals surface area contributed by atoms with Crippen LogP contribution in [0.3, 0.4) is 0 Å². The van der Waals surface area contributed by atoms with E-state index in [9.17, 15) is 0 Å². The predicted octanol–water partition coefficient (Wildman–Crippen LogP) is 13.2. The summed E-state index contributed by atoms with van der Waals surface area (Å²) in [5, 5.41) is 8.84. The van der Waals surface area contributed by atoms with Crippen LogP contribution in [0.4, 0.5) is 0 Å². The van der Waals surface area contributed by atoms with Crippen molar-refractivity contribution in [2.45, 2.75) is 0 Å². The van der Waals surface area contributed by atoms with Crippen LogP contribution in [0.2, 0.25) is 0 Å². The van der Waals surface area contributed by atoms with Crippen LogP contribution < -0.4 is 0 Å². The number of hydrogen-bond acceptors (Lipinski definition) is 5. The first-order chi connectivity index (χ1) is 28.7. The van der Waals surface area contributed by atoms with E-state index in [4.69, 9.17) is 23.8 Å². The molecular weight excluding hydrogens is 715 g/mol. The van der Waals surface area contributed by atoms with Crippen molar-refractivity contribution in [1.82, 2.24) is 24.1 Å². The van der Waals surface area contributed by atoms with Crippen molar-refractivity contribution in [1.29, 1.82) is 0 Å². The molecule has 0 aliphatic heterocycles. The van der Waals surface area contributed by atoms with Crippen LogP contribution in [0, 0.1) is 0 Å². The standard InChI is InChI=1S/C51H29N5O2/c1-6-17-39-32(12-1)33-13-2-7-18-40(33)55(39)43-21-11-23-46-48(43)37-26-24-31(29-47(37)58-46)50-52-49(30-25-27-45-38(28-30)36-16-5-10-22-44(36)57-45)53-51(54-50)56-41-19-8-3-14-34(41)35-15-4-9-20-42(35)56/h1-29H. The third-order valence-electron chi connectivity index (χ3n) is 11.6. The molecule has 58 heavy (non-hydrogen) atoms. The Morgan fingerprint density at radius 3 is 1.48 bits per heavy atom. The summed E-state index contributed by atoms with van der Waals surface area (Å²) >= 11 is 0. The number of fused-ring (bicyclic) bond motifs is 12. The summed E-state index contributed by atoms with van der Waals surface area (Å²) in [6.07, 6.45) is 0. The Hall–Kier alpha value is -8.03. The first-order valence-electron chi connectivity index (χ1n) is 19.4. The Kier molecular flexibility index (Phi) is 6.32. The molecule has 7 heteroatoms. The molecule has 0 atom stereocenters. The van der Waals surface area contributed by atoms with Crippen LogP contribution in [-0.4, -0.2) is 24.1 Å². The molecule has 5 heterocycles. The number of aromatic nitrogens is 5. The molecule has 0 saturated carbocycles. The Morgan fingerprint density at radius 2 is 0.828 bits per heavy atom. The molecule has 0 aliphatic carbocycles. The number of hydrogen-bond donors (Lipinski definition) is 0. The van der Waals surface area contributed by atoms with E-state index in [1.165, 1.54) is 10.8 Å². The average molecular weight is 744 g/mol. The zero-order valence-corrected chi connectivity index (χ0v) is 30.8. The number of para-hydroxylation sites is 5. The molecule has 13 aromatic rings. The Morgan fingerprint density at radius 1 is 0.328 bits per heavy atom. The van der Waals surface area contributed by atoms with Gasteiger partial charge in [-0.2, -0.15) is 9.97 Å². The monoisotopic (exact) mass is 743 g/mol. The Bertz CT molecular complexity index is 3720. The highest BCUT2D eigenvalue weighted by molar-refractivity contribution is 6.15. The minimum atomic E-state index is 0.535. The highest BCUT2D eigenvalue weighted by Gasteiger charge is 2.21. The summed E-state index contributed by atoms with van der Waals surface area (Å²) in [7, 11) is 0. The lowest BCUT2D eigenvalue weighted by Gasteiger charge is -2.11. The summed E-state index contributed by atoms with van der Waals surface area (Å²) in [6, 6.07) is 60.8. The predicted molar refractivity (Wildman–Crippen MR) is 234 cm³/mol. The maximum atomic E-state index is 6.69. The Labute approximate surface area is 329 Å². The third kappa shape index (κ3) is 4.41. The highest BCUT2D eigenvalue weighted by Crippen LogP contribution is 2.40. The van der Waals surface area contributed by atoms with Gasteiger partial charge < -0.3 is 13.4 Å². The SMILES string of the molecule is c1ccc2c(c1)oc1ccc(-c3nc(-c4ccc5c(c4)oc4cccc(-n6c7ccccc7c7ccccc76)c45)nc(-n4c5ccccc5c5ccccc54)n3)cc12. The molecule has 0 aliphatic rings. The maximum Gasteiger partial charge on any atom is 0.238 e. The summed E-state index contributed by atoms with van der Waals surface area (Å²) < 4.78 is 17.4. The van der Waals surface area contributed by atoms with Crippen LogP contribution in [0.25, 0.3) is 122 Å². The fourth-order valence-electron chi connectivity index (χ4n) is 9.04. The second-order valence-corrected chi connectivity index (χ2v) is 14.8. The third-order valence-corrected chi connectivity index (χ3v) is 11.6. The lowest BCUT2D eigenvalue weighted by molar-refractivity contribution is 0.668. The fourth-order valence-corrected chi connectivity index (χ4v) is 9.04. The van der Waals surface area contributed by atoms with Crippen molar-refractivity contribution < 1.29 is 8.83 Å². The quantitative estimate of drug-likeness (QED) is 0.179. The van der Waals surface area contributed by atoms with Gasteiger partial charge in [0.1, 0.15) is 22.3 Å². The van der Waals surface area contributed by atoms with Crippen molar-refractivity contribution in [3.05, 3.63) is 176 Å². The summed E-state index contributed by atoms with van der Waals surface area (Å²) in [5.74, 6) is 1.64. The molecule has 0 bridgehead atoms. The molecule has 8 aromatic carbocycles. The smallest absolute Gasteiger partial charge is 0.238 e. The first-order valence-corrected chi connectivity index (χ1v) is 19.4. The molecule has 0 unspecified atom stereocenters. The van der Waals surface area contributed by atoms with Gasteiger partial charge >= 0.3 is 0 Å². The van der Waals surface area contributed by atoms with Gasteiger partial charge in [-0.25, -0.2) is 4.98 Å². The maximum absolute atomic E-state index is 6.69. The van der Waals surface area contributed by atoms with Crippen LogP contribution in [0.1, 0.15) is 0 Å². The zero-order chi connectivity index (χ0) is 37.9. The number of furan rings is 2. The van der Waals surface area contributed by atoms with Crippen molar-refractivity contribution in [2.75, 3.05) is 0 Å². The Balaban J connectivity index is 1.04. The molecule has 0 spiro atoms. The van der Waals surface area contributed by atoms with E-state index in [2.05, 4.69) is 149 Å². The van der Waals surface area contributed by atoms with Crippen LogP contribution in [0.15, 0.2) is 185 Å². The van der Waals surface area contributed by atoms with Crippen LogP contribution >= 0.6 is 0 Å². The lowest BCUT2D eigenvalue weighted by atomic mass is 10.1. The van der Waals surface area contributed by atoms with E-state index in [1.807, 2.05) is 36.4 Å². The normalized spacial score (nSPS) is 12.1.